The van der Waals surface area contributed by atoms with Crippen LogP contribution < -0.4 is 10.6 Å². The third-order valence-corrected chi connectivity index (χ3v) is 2.66. The molecule has 0 spiro atoms. The minimum atomic E-state index is 0. The van der Waals surface area contributed by atoms with Gasteiger partial charge in [-0.3, -0.25) is 0 Å². The largest absolute Gasteiger partial charge is 0.356 e. The molecule has 0 radical (unpaired) electrons. The van der Waals surface area contributed by atoms with Crippen molar-refractivity contribution in [2.75, 3.05) is 18.0 Å². The molecule has 0 saturated carbocycles. The Kier molecular flexibility index (Phi) is 6.99. The van der Waals surface area contributed by atoms with Crippen molar-refractivity contribution >= 4 is 42.2 Å². The van der Waals surface area contributed by atoms with Gasteiger partial charge < -0.3 is 10.6 Å². The van der Waals surface area contributed by atoms with E-state index in [1.807, 2.05) is 6.07 Å². The van der Waals surface area contributed by atoms with Crippen LogP contribution in [0.25, 0.3) is 0 Å². The normalized spacial score (nSPS) is 16.2. The Morgan fingerprint density at radius 3 is 2.50 bits per heavy atom. The molecule has 1 aliphatic heterocycles. The van der Waals surface area contributed by atoms with Crippen molar-refractivity contribution in [2.45, 2.75) is 18.9 Å². The first-order chi connectivity index (χ1) is 6.75. The van der Waals surface area contributed by atoms with Crippen molar-refractivity contribution in [1.82, 2.24) is 9.97 Å². The second kappa shape index (κ2) is 7.12. The summed E-state index contributed by atoms with van der Waals surface area (Å²) in [4.78, 5) is 10.2. The highest BCUT2D eigenvalue weighted by Gasteiger charge is 2.17. The summed E-state index contributed by atoms with van der Waals surface area (Å²) in [7, 11) is 0. The summed E-state index contributed by atoms with van der Waals surface area (Å²) in [6, 6.07) is 2.21. The van der Waals surface area contributed by atoms with Gasteiger partial charge in [-0.15, -0.1) is 24.8 Å². The fourth-order valence-corrected chi connectivity index (χ4v) is 1.77. The van der Waals surface area contributed by atoms with Crippen molar-refractivity contribution < 1.29 is 0 Å². The van der Waals surface area contributed by atoms with Crippen LogP contribution in [-0.2, 0) is 0 Å². The van der Waals surface area contributed by atoms with Crippen molar-refractivity contribution in [1.29, 1.82) is 0 Å². The topological polar surface area (TPSA) is 55.0 Å². The van der Waals surface area contributed by atoms with Gasteiger partial charge in [0.2, 0.25) is 5.28 Å². The zero-order chi connectivity index (χ0) is 9.97. The van der Waals surface area contributed by atoms with Crippen LogP contribution >= 0.6 is 36.4 Å². The Morgan fingerprint density at radius 2 is 1.94 bits per heavy atom. The van der Waals surface area contributed by atoms with Crippen LogP contribution in [0.2, 0.25) is 5.28 Å². The molecule has 1 fully saturated rings. The first kappa shape index (κ1) is 15.7. The predicted molar refractivity (Wildman–Crippen MR) is 71.0 cm³/mol. The van der Waals surface area contributed by atoms with Gasteiger partial charge in [0.1, 0.15) is 5.82 Å². The quantitative estimate of drug-likeness (QED) is 0.801. The van der Waals surface area contributed by atoms with Gasteiger partial charge in [-0.2, -0.15) is 0 Å². The van der Waals surface area contributed by atoms with Crippen LogP contribution in [0.5, 0.6) is 0 Å². The van der Waals surface area contributed by atoms with Gasteiger partial charge >= 0.3 is 0 Å². The fourth-order valence-electron chi connectivity index (χ4n) is 1.63. The molecule has 2 rings (SSSR count). The maximum absolute atomic E-state index is 5.82. The van der Waals surface area contributed by atoms with Gasteiger partial charge in [0.25, 0.3) is 0 Å². The van der Waals surface area contributed by atoms with Crippen molar-refractivity contribution in [2.24, 2.45) is 5.73 Å². The zero-order valence-corrected chi connectivity index (χ0v) is 11.1. The average Bonchev–Trinajstić information content (AvgIpc) is 2.19. The molecular weight excluding hydrogens is 270 g/mol. The first-order valence-electron chi connectivity index (χ1n) is 4.75. The Labute approximate surface area is 112 Å². The van der Waals surface area contributed by atoms with Crippen LogP contribution in [0, 0.1) is 0 Å². The second-order valence-corrected chi connectivity index (χ2v) is 3.85. The predicted octanol–water partition coefficient (Wildman–Crippen LogP) is 1.90. The number of halogens is 3. The van der Waals surface area contributed by atoms with E-state index >= 15 is 0 Å². The molecule has 92 valence electrons. The van der Waals surface area contributed by atoms with Crippen LogP contribution in [0.4, 0.5) is 5.82 Å². The van der Waals surface area contributed by atoms with E-state index in [1.165, 1.54) is 0 Å². The van der Waals surface area contributed by atoms with Gasteiger partial charge in [0.05, 0.1) is 0 Å². The molecule has 16 heavy (non-hydrogen) atoms. The molecule has 0 aliphatic carbocycles. The van der Waals surface area contributed by atoms with E-state index in [2.05, 4.69) is 14.9 Å². The van der Waals surface area contributed by atoms with Crippen LogP contribution in [0.1, 0.15) is 12.8 Å². The number of nitrogens with two attached hydrogens (primary N) is 1. The third-order valence-electron chi connectivity index (χ3n) is 2.48. The summed E-state index contributed by atoms with van der Waals surface area (Å²) in [5.74, 6) is 0.900. The third kappa shape index (κ3) is 3.94. The number of hydrogen-bond donors (Lipinski definition) is 1. The Bertz CT molecular complexity index is 315. The molecule has 0 bridgehead atoms. The lowest BCUT2D eigenvalue weighted by Crippen LogP contribution is -2.40. The molecule has 0 atom stereocenters. The highest BCUT2D eigenvalue weighted by atomic mass is 35.5. The second-order valence-electron chi connectivity index (χ2n) is 3.51. The van der Waals surface area contributed by atoms with Crippen molar-refractivity contribution in [3.05, 3.63) is 17.5 Å². The number of hydrogen-bond acceptors (Lipinski definition) is 4. The summed E-state index contributed by atoms with van der Waals surface area (Å²) in [6.07, 6.45) is 3.71. The smallest absolute Gasteiger partial charge is 0.224 e. The Hall–Kier alpha value is -0.290. The maximum Gasteiger partial charge on any atom is 0.224 e. The molecule has 1 saturated heterocycles. The van der Waals surface area contributed by atoms with E-state index in [9.17, 15) is 0 Å². The summed E-state index contributed by atoms with van der Waals surface area (Å²) < 4.78 is 0. The molecule has 2 N–H and O–H groups in total. The van der Waals surface area contributed by atoms with E-state index in [-0.39, 0.29) is 24.8 Å². The number of anilines is 1. The monoisotopic (exact) mass is 284 g/mol. The average molecular weight is 286 g/mol. The van der Waals surface area contributed by atoms with Crippen molar-refractivity contribution in [3.8, 4) is 0 Å². The van der Waals surface area contributed by atoms with Crippen LogP contribution in [0.15, 0.2) is 12.3 Å². The van der Waals surface area contributed by atoms with Crippen LogP contribution in [-0.4, -0.2) is 29.1 Å². The SMILES string of the molecule is Cl.Cl.NC1CCN(c2ccnc(Cl)n2)CC1. The van der Waals surface area contributed by atoms with Gasteiger partial charge in [0.15, 0.2) is 0 Å². The Balaban J connectivity index is 0.00000112. The summed E-state index contributed by atoms with van der Waals surface area (Å²) in [6.45, 7) is 1.91. The van der Waals surface area contributed by atoms with Crippen molar-refractivity contribution in [3.63, 3.8) is 0 Å². The fraction of sp³-hybridized carbons (Fsp3) is 0.556. The molecular formula is C9H15Cl3N4. The number of nitrogens with zero attached hydrogens (tertiary/aromatic N) is 3. The number of rotatable bonds is 1. The highest BCUT2D eigenvalue weighted by molar-refractivity contribution is 6.28. The molecule has 2 heterocycles. The van der Waals surface area contributed by atoms with Gasteiger partial charge in [0, 0.05) is 25.3 Å². The van der Waals surface area contributed by atoms with E-state index in [0.717, 1.165) is 31.7 Å². The Morgan fingerprint density at radius 1 is 1.31 bits per heavy atom. The lowest BCUT2D eigenvalue weighted by Gasteiger charge is -2.30. The van der Waals surface area contributed by atoms with Gasteiger partial charge in [-0.25, -0.2) is 9.97 Å². The van der Waals surface area contributed by atoms with E-state index in [4.69, 9.17) is 17.3 Å². The summed E-state index contributed by atoms with van der Waals surface area (Å²) in [5.41, 5.74) is 5.82. The molecule has 1 aromatic rings. The van der Waals surface area contributed by atoms with Gasteiger partial charge in [-0.05, 0) is 30.5 Å². The molecule has 0 aromatic carbocycles. The number of aromatic nitrogens is 2. The molecule has 7 heteroatoms. The lowest BCUT2D eigenvalue weighted by atomic mass is 10.1. The summed E-state index contributed by atoms with van der Waals surface area (Å²) in [5, 5.41) is 0.303. The molecule has 0 unspecified atom stereocenters. The van der Waals surface area contributed by atoms with Gasteiger partial charge in [-0.1, -0.05) is 0 Å². The van der Waals surface area contributed by atoms with E-state index in [0.29, 0.717) is 11.3 Å². The zero-order valence-electron chi connectivity index (χ0n) is 8.67. The molecule has 1 aliphatic rings. The minimum absolute atomic E-state index is 0. The summed E-state index contributed by atoms with van der Waals surface area (Å²) >= 11 is 5.72. The lowest BCUT2D eigenvalue weighted by molar-refractivity contribution is 0.498. The first-order valence-corrected chi connectivity index (χ1v) is 5.12. The number of piperidine rings is 1. The van der Waals surface area contributed by atoms with Crippen LogP contribution in [0.3, 0.4) is 0 Å². The van der Waals surface area contributed by atoms with E-state index < -0.39 is 0 Å². The molecule has 1 aromatic heterocycles. The molecule has 4 nitrogen and oxygen atoms in total. The maximum atomic E-state index is 5.82. The molecule has 0 amide bonds. The van der Waals surface area contributed by atoms with E-state index in [1.54, 1.807) is 6.20 Å². The standard InChI is InChI=1S/C9H13ClN4.2ClH/c10-9-12-4-1-8(13-9)14-5-2-7(11)3-6-14;;/h1,4,7H,2-3,5-6,11H2;2*1H. The minimum Gasteiger partial charge on any atom is -0.356 e. The highest BCUT2D eigenvalue weighted by Crippen LogP contribution is 2.17.